The topological polar surface area (TPSA) is 58.6 Å². The molecule has 4 nitrogen and oxygen atoms in total. The zero-order valence-corrected chi connectivity index (χ0v) is 13.6. The lowest BCUT2D eigenvalue weighted by Crippen LogP contribution is -2.39. The van der Waals surface area contributed by atoms with Gasteiger partial charge in [0, 0.05) is 12.0 Å². The third-order valence-electron chi connectivity index (χ3n) is 4.21. The van der Waals surface area contributed by atoms with Crippen molar-refractivity contribution >= 4 is 5.91 Å². The summed E-state index contributed by atoms with van der Waals surface area (Å²) in [5.74, 6) is 0.766. The summed E-state index contributed by atoms with van der Waals surface area (Å²) in [7, 11) is 0. The SMILES string of the molecule is CCCC(O)(CCC)CC(=O)NC1CCOc2ccccc21. The van der Waals surface area contributed by atoms with Gasteiger partial charge in [0.15, 0.2) is 0 Å². The van der Waals surface area contributed by atoms with Crippen LogP contribution in [0.4, 0.5) is 0 Å². The molecule has 1 heterocycles. The molecule has 1 aliphatic heterocycles. The first-order valence-corrected chi connectivity index (χ1v) is 8.31. The zero-order chi connectivity index (χ0) is 16.0. The van der Waals surface area contributed by atoms with Crippen molar-refractivity contribution in [3.05, 3.63) is 29.8 Å². The fourth-order valence-corrected chi connectivity index (χ4v) is 3.27. The number of carbonyl (C=O) groups is 1. The summed E-state index contributed by atoms with van der Waals surface area (Å²) in [4.78, 5) is 12.4. The van der Waals surface area contributed by atoms with E-state index in [2.05, 4.69) is 5.32 Å². The lowest BCUT2D eigenvalue weighted by Gasteiger charge is -2.30. The Labute approximate surface area is 132 Å². The van der Waals surface area contributed by atoms with Gasteiger partial charge in [0.1, 0.15) is 5.75 Å². The summed E-state index contributed by atoms with van der Waals surface area (Å²) in [5, 5.41) is 13.7. The quantitative estimate of drug-likeness (QED) is 0.812. The molecule has 0 radical (unpaired) electrons. The standard InChI is InChI=1S/C18H27NO3/c1-3-10-18(21,11-4-2)13-17(20)19-15-9-12-22-16-8-6-5-7-14(15)16/h5-8,15,21H,3-4,9-13H2,1-2H3,(H,19,20). The number of carbonyl (C=O) groups excluding carboxylic acids is 1. The summed E-state index contributed by atoms with van der Waals surface area (Å²) >= 11 is 0. The van der Waals surface area contributed by atoms with E-state index in [1.807, 2.05) is 38.1 Å². The van der Waals surface area contributed by atoms with Crippen molar-refractivity contribution in [3.63, 3.8) is 0 Å². The van der Waals surface area contributed by atoms with Crippen LogP contribution >= 0.6 is 0 Å². The smallest absolute Gasteiger partial charge is 0.223 e. The fourth-order valence-electron chi connectivity index (χ4n) is 3.27. The highest BCUT2D eigenvalue weighted by Crippen LogP contribution is 2.32. The monoisotopic (exact) mass is 305 g/mol. The van der Waals surface area contributed by atoms with Crippen LogP contribution in [0.25, 0.3) is 0 Å². The van der Waals surface area contributed by atoms with E-state index in [0.717, 1.165) is 30.6 Å². The summed E-state index contributed by atoms with van der Waals surface area (Å²) < 4.78 is 5.61. The van der Waals surface area contributed by atoms with Gasteiger partial charge in [-0.05, 0) is 18.9 Å². The molecule has 22 heavy (non-hydrogen) atoms. The molecule has 0 aliphatic carbocycles. The molecule has 2 rings (SSSR count). The van der Waals surface area contributed by atoms with Crippen molar-refractivity contribution in [2.75, 3.05) is 6.61 Å². The number of nitrogens with one attached hydrogen (secondary N) is 1. The molecule has 1 aromatic rings. The predicted octanol–water partition coefficient (Wildman–Crippen LogP) is 3.35. The third kappa shape index (κ3) is 4.23. The van der Waals surface area contributed by atoms with Crippen molar-refractivity contribution < 1.29 is 14.6 Å². The van der Waals surface area contributed by atoms with Crippen molar-refractivity contribution in [2.45, 2.75) is 64.0 Å². The molecular weight excluding hydrogens is 278 g/mol. The highest BCUT2D eigenvalue weighted by Gasteiger charge is 2.30. The Morgan fingerprint density at radius 1 is 1.32 bits per heavy atom. The van der Waals surface area contributed by atoms with Gasteiger partial charge in [0.2, 0.25) is 5.91 Å². The Bertz CT molecular complexity index is 495. The van der Waals surface area contributed by atoms with Gasteiger partial charge < -0.3 is 15.2 Å². The average molecular weight is 305 g/mol. The first-order valence-electron chi connectivity index (χ1n) is 8.31. The second kappa shape index (κ2) is 7.63. The molecule has 2 N–H and O–H groups in total. The summed E-state index contributed by atoms with van der Waals surface area (Å²) in [5.41, 5.74) is 0.148. The Morgan fingerprint density at radius 2 is 2.00 bits per heavy atom. The molecule has 1 aromatic carbocycles. The molecular formula is C18H27NO3. The number of para-hydroxylation sites is 1. The van der Waals surface area contributed by atoms with Crippen LogP contribution < -0.4 is 10.1 Å². The van der Waals surface area contributed by atoms with Gasteiger partial charge in [-0.25, -0.2) is 0 Å². The van der Waals surface area contributed by atoms with E-state index in [1.165, 1.54) is 0 Å². The molecule has 0 saturated carbocycles. The minimum absolute atomic E-state index is 0.0232. The number of hydrogen-bond acceptors (Lipinski definition) is 3. The van der Waals surface area contributed by atoms with Gasteiger partial charge in [-0.3, -0.25) is 4.79 Å². The number of aliphatic hydroxyl groups is 1. The van der Waals surface area contributed by atoms with Crippen molar-refractivity contribution in [1.29, 1.82) is 0 Å². The van der Waals surface area contributed by atoms with Gasteiger partial charge in [-0.2, -0.15) is 0 Å². The Balaban J connectivity index is 2.00. The van der Waals surface area contributed by atoms with E-state index in [0.29, 0.717) is 19.4 Å². The van der Waals surface area contributed by atoms with Gasteiger partial charge in [0.25, 0.3) is 0 Å². The van der Waals surface area contributed by atoms with E-state index in [4.69, 9.17) is 4.74 Å². The zero-order valence-electron chi connectivity index (χ0n) is 13.6. The molecule has 122 valence electrons. The molecule has 0 spiro atoms. The van der Waals surface area contributed by atoms with E-state index < -0.39 is 5.60 Å². The van der Waals surface area contributed by atoms with E-state index in [1.54, 1.807) is 0 Å². The van der Waals surface area contributed by atoms with Crippen LogP contribution in [0.5, 0.6) is 5.75 Å². The second-order valence-corrected chi connectivity index (χ2v) is 6.20. The van der Waals surface area contributed by atoms with Gasteiger partial charge in [0.05, 0.1) is 24.7 Å². The molecule has 0 aromatic heterocycles. The molecule has 0 fully saturated rings. The van der Waals surface area contributed by atoms with Crippen LogP contribution in [0.15, 0.2) is 24.3 Å². The van der Waals surface area contributed by atoms with Gasteiger partial charge >= 0.3 is 0 Å². The molecule has 0 bridgehead atoms. The van der Waals surface area contributed by atoms with Crippen molar-refractivity contribution in [2.24, 2.45) is 0 Å². The second-order valence-electron chi connectivity index (χ2n) is 6.20. The van der Waals surface area contributed by atoms with Crippen LogP contribution in [0, 0.1) is 0 Å². The Morgan fingerprint density at radius 3 is 2.68 bits per heavy atom. The maximum atomic E-state index is 12.4. The van der Waals surface area contributed by atoms with Crippen LogP contribution in [-0.2, 0) is 4.79 Å². The molecule has 1 amide bonds. The fraction of sp³-hybridized carbons (Fsp3) is 0.611. The van der Waals surface area contributed by atoms with Crippen LogP contribution in [0.1, 0.15) is 64.0 Å². The summed E-state index contributed by atoms with van der Waals surface area (Å²) in [6.07, 6.45) is 4.03. The Kier molecular flexibility index (Phi) is 5.83. The number of benzene rings is 1. The number of amides is 1. The third-order valence-corrected chi connectivity index (χ3v) is 4.21. The van der Waals surface area contributed by atoms with E-state index in [9.17, 15) is 9.90 Å². The van der Waals surface area contributed by atoms with Gasteiger partial charge in [-0.15, -0.1) is 0 Å². The number of hydrogen-bond donors (Lipinski definition) is 2. The lowest BCUT2D eigenvalue weighted by molar-refractivity contribution is -0.127. The summed E-state index contributed by atoms with van der Waals surface area (Å²) in [6.45, 7) is 4.68. The van der Waals surface area contributed by atoms with Crippen LogP contribution in [-0.4, -0.2) is 23.2 Å². The van der Waals surface area contributed by atoms with Gasteiger partial charge in [-0.1, -0.05) is 44.9 Å². The minimum atomic E-state index is -0.877. The molecule has 1 unspecified atom stereocenters. The maximum Gasteiger partial charge on any atom is 0.223 e. The number of fused-ring (bicyclic) bond motifs is 1. The first kappa shape index (κ1) is 16.8. The minimum Gasteiger partial charge on any atom is -0.493 e. The molecule has 1 atom stereocenters. The molecule has 4 heteroatoms. The summed E-state index contributed by atoms with van der Waals surface area (Å²) in [6, 6.07) is 7.79. The highest BCUT2D eigenvalue weighted by molar-refractivity contribution is 5.77. The van der Waals surface area contributed by atoms with Crippen molar-refractivity contribution in [3.8, 4) is 5.75 Å². The number of ether oxygens (including phenoxy) is 1. The predicted molar refractivity (Wildman–Crippen MR) is 86.8 cm³/mol. The normalized spacial score (nSPS) is 17.5. The van der Waals surface area contributed by atoms with E-state index >= 15 is 0 Å². The Hall–Kier alpha value is -1.55. The van der Waals surface area contributed by atoms with Crippen molar-refractivity contribution in [1.82, 2.24) is 5.32 Å². The first-order chi connectivity index (χ1) is 10.6. The van der Waals surface area contributed by atoms with Crippen LogP contribution in [0.2, 0.25) is 0 Å². The molecule has 0 saturated heterocycles. The highest BCUT2D eigenvalue weighted by atomic mass is 16.5. The maximum absolute atomic E-state index is 12.4. The largest absolute Gasteiger partial charge is 0.493 e. The van der Waals surface area contributed by atoms with E-state index in [-0.39, 0.29) is 18.4 Å². The lowest BCUT2D eigenvalue weighted by atomic mass is 9.88. The van der Waals surface area contributed by atoms with Crippen LogP contribution in [0.3, 0.4) is 0 Å². The molecule has 1 aliphatic rings. The average Bonchev–Trinajstić information content (AvgIpc) is 2.47. The number of rotatable bonds is 7.